The van der Waals surface area contributed by atoms with E-state index in [4.69, 9.17) is 9.47 Å². The summed E-state index contributed by atoms with van der Waals surface area (Å²) < 4.78 is 38.9. The van der Waals surface area contributed by atoms with Crippen molar-refractivity contribution in [3.63, 3.8) is 0 Å². The first-order valence-electron chi connectivity index (χ1n) is 9.65. The molecule has 1 unspecified atom stereocenters. The number of hydrogen-bond acceptors (Lipinski definition) is 10. The molecule has 15 heteroatoms. The van der Waals surface area contributed by atoms with Gasteiger partial charge in [-0.2, -0.15) is 14.6 Å². The number of carbonyl (C=O) groups excluding carboxylic acids is 1. The maximum atomic E-state index is 12.7. The van der Waals surface area contributed by atoms with Crippen molar-refractivity contribution >= 4 is 33.3 Å². The summed E-state index contributed by atoms with van der Waals surface area (Å²) >= 11 is 0. The molecule has 0 saturated carbocycles. The highest BCUT2D eigenvalue weighted by Gasteiger charge is 2.25. The molecule has 180 valence electrons. The molecule has 3 rings (SSSR count). The number of rotatable bonds is 9. The Morgan fingerprint density at radius 1 is 1.15 bits per heavy atom. The molecule has 2 heterocycles. The van der Waals surface area contributed by atoms with Gasteiger partial charge in [0.25, 0.3) is 15.9 Å². The number of ether oxygens (including phenoxy) is 2. The number of carbonyl (C=O) groups is 1. The smallest absolute Gasteiger partial charge is 0.390 e. The molecule has 34 heavy (non-hydrogen) atoms. The van der Waals surface area contributed by atoms with Crippen LogP contribution in [0, 0.1) is 17.0 Å². The van der Waals surface area contributed by atoms with Crippen molar-refractivity contribution in [1.82, 2.24) is 19.7 Å². The monoisotopic (exact) mass is 491 g/mol. The minimum absolute atomic E-state index is 0.0569. The van der Waals surface area contributed by atoms with Crippen LogP contribution in [0.2, 0.25) is 0 Å². The fourth-order valence-electron chi connectivity index (χ4n) is 2.88. The van der Waals surface area contributed by atoms with Crippen molar-refractivity contribution in [2.24, 2.45) is 0 Å². The summed E-state index contributed by atoms with van der Waals surface area (Å²) in [7, 11) is -1.33. The number of methoxy groups -OCH3 is 2. The van der Waals surface area contributed by atoms with Gasteiger partial charge in [-0.3, -0.25) is 9.52 Å². The highest BCUT2D eigenvalue weighted by atomic mass is 32.2. The summed E-state index contributed by atoms with van der Waals surface area (Å²) in [6.07, 6.45) is 0. The third-order valence-electron chi connectivity index (χ3n) is 4.59. The number of nitrogens with one attached hydrogen (secondary N) is 2. The molecule has 0 saturated heterocycles. The molecule has 1 aromatic carbocycles. The van der Waals surface area contributed by atoms with Crippen LogP contribution in [0.5, 0.6) is 11.9 Å². The van der Waals surface area contributed by atoms with Gasteiger partial charge in [0.05, 0.1) is 36.0 Å². The number of aromatic nitrogens is 4. The van der Waals surface area contributed by atoms with E-state index in [2.05, 4.69) is 25.1 Å². The lowest BCUT2D eigenvalue weighted by Gasteiger charge is -2.12. The Morgan fingerprint density at radius 3 is 2.38 bits per heavy atom. The first-order valence-corrected chi connectivity index (χ1v) is 11.1. The van der Waals surface area contributed by atoms with Gasteiger partial charge in [-0.15, -0.1) is 0 Å². The Labute approximate surface area is 194 Å². The molecule has 0 bridgehead atoms. The van der Waals surface area contributed by atoms with Gasteiger partial charge in [0, 0.05) is 11.8 Å². The summed E-state index contributed by atoms with van der Waals surface area (Å²) in [5, 5.41) is 17.3. The van der Waals surface area contributed by atoms with Gasteiger partial charge in [0.15, 0.2) is 5.82 Å². The second-order valence-corrected chi connectivity index (χ2v) is 8.61. The second-order valence-electron chi connectivity index (χ2n) is 6.92. The molecule has 0 aliphatic heterocycles. The molecular formula is C19H21N7O7S. The van der Waals surface area contributed by atoms with Crippen LogP contribution in [0.3, 0.4) is 0 Å². The van der Waals surface area contributed by atoms with E-state index in [0.717, 1.165) is 0 Å². The lowest BCUT2D eigenvalue weighted by molar-refractivity contribution is -0.389. The fraction of sp³-hybridized carbons (Fsp3) is 0.263. The normalized spacial score (nSPS) is 12.0. The zero-order chi connectivity index (χ0) is 25.0. The first-order chi connectivity index (χ1) is 16.0. The lowest BCUT2D eigenvalue weighted by Crippen LogP contribution is -2.25. The highest BCUT2D eigenvalue weighted by molar-refractivity contribution is 7.92. The van der Waals surface area contributed by atoms with E-state index in [-0.39, 0.29) is 28.4 Å². The first kappa shape index (κ1) is 24.4. The predicted octanol–water partition coefficient (Wildman–Crippen LogP) is 1.91. The molecule has 0 aliphatic carbocycles. The van der Waals surface area contributed by atoms with Crippen molar-refractivity contribution in [3.8, 4) is 11.9 Å². The molecule has 14 nitrogen and oxygen atoms in total. The van der Waals surface area contributed by atoms with Crippen molar-refractivity contribution < 1.29 is 27.6 Å². The molecule has 0 spiro atoms. The van der Waals surface area contributed by atoms with Gasteiger partial charge in [0.1, 0.15) is 6.04 Å². The summed E-state index contributed by atoms with van der Waals surface area (Å²) in [5.41, 5.74) is 0.764. The van der Waals surface area contributed by atoms with Gasteiger partial charge < -0.3 is 24.9 Å². The maximum absolute atomic E-state index is 12.7. The zero-order valence-corrected chi connectivity index (χ0v) is 19.4. The average molecular weight is 491 g/mol. The Bertz CT molecular complexity index is 1300. The molecule has 2 aromatic heterocycles. The molecule has 0 fully saturated rings. The molecule has 2 N–H and O–H groups in total. The van der Waals surface area contributed by atoms with E-state index in [9.17, 15) is 23.3 Å². The van der Waals surface area contributed by atoms with Gasteiger partial charge in [-0.05, 0) is 43.0 Å². The maximum Gasteiger partial charge on any atom is 0.390 e. The van der Waals surface area contributed by atoms with E-state index < -0.39 is 26.9 Å². The quantitative estimate of drug-likeness (QED) is 0.331. The van der Waals surface area contributed by atoms with Gasteiger partial charge in [-0.25, -0.2) is 8.42 Å². The molecule has 1 atom stereocenters. The van der Waals surface area contributed by atoms with Crippen LogP contribution in [-0.2, 0) is 14.8 Å². The lowest BCUT2D eigenvalue weighted by atomic mass is 10.2. The van der Waals surface area contributed by atoms with Crippen LogP contribution < -0.4 is 19.5 Å². The molecule has 3 aromatic rings. The average Bonchev–Trinajstić information content (AvgIpc) is 3.20. The van der Waals surface area contributed by atoms with E-state index in [1.165, 1.54) is 62.2 Å². The summed E-state index contributed by atoms with van der Waals surface area (Å²) in [4.78, 5) is 30.6. The number of anilines is 2. The van der Waals surface area contributed by atoms with E-state index >= 15 is 0 Å². The van der Waals surface area contributed by atoms with E-state index in [1.54, 1.807) is 6.92 Å². The Kier molecular flexibility index (Phi) is 6.95. The highest BCUT2D eigenvalue weighted by Crippen LogP contribution is 2.22. The van der Waals surface area contributed by atoms with Crippen molar-refractivity contribution in [1.29, 1.82) is 0 Å². The Balaban J connectivity index is 1.73. The van der Waals surface area contributed by atoms with Crippen LogP contribution in [0.1, 0.15) is 18.7 Å². The Hall–Kier alpha value is -4.27. The molecule has 1 amide bonds. The van der Waals surface area contributed by atoms with Crippen LogP contribution in [0.4, 0.5) is 17.3 Å². The van der Waals surface area contributed by atoms with Gasteiger partial charge in [-0.1, -0.05) is 0 Å². The van der Waals surface area contributed by atoms with Crippen LogP contribution in [0.15, 0.2) is 41.3 Å². The largest absolute Gasteiger partial charge is 0.481 e. The zero-order valence-electron chi connectivity index (χ0n) is 18.5. The van der Waals surface area contributed by atoms with Crippen LogP contribution >= 0.6 is 0 Å². The van der Waals surface area contributed by atoms with Gasteiger partial charge in [0.2, 0.25) is 5.88 Å². The molecular weight excluding hydrogens is 470 g/mol. The molecule has 0 radical (unpaired) electrons. The SMILES string of the molecule is COc1cc(NS(=O)(=O)c2ccc(NC(=O)C(C)n3nc([N+](=O)[O-])cc3C)cc2)nc(OC)n1. The van der Waals surface area contributed by atoms with Crippen LogP contribution in [-0.4, -0.2) is 53.2 Å². The number of sulfonamides is 1. The fourth-order valence-corrected chi connectivity index (χ4v) is 3.87. The number of benzene rings is 1. The topological polar surface area (TPSA) is 180 Å². The standard InChI is InChI=1S/C19H21N7O7S/c1-11-9-16(26(28)29)23-25(11)12(2)18(27)20-13-5-7-14(8-6-13)34(30,31)24-15-10-17(32-3)22-19(21-15)33-4/h5-10,12H,1-4H3,(H,20,27)(H,21,22,24). The minimum Gasteiger partial charge on any atom is -0.481 e. The van der Waals surface area contributed by atoms with E-state index in [0.29, 0.717) is 11.4 Å². The van der Waals surface area contributed by atoms with Crippen molar-refractivity contribution in [2.45, 2.75) is 24.8 Å². The summed E-state index contributed by atoms with van der Waals surface area (Å²) in [6, 6.07) is 7.02. The second kappa shape index (κ2) is 9.70. The minimum atomic E-state index is -4.02. The number of nitrogens with zero attached hydrogens (tertiary/aromatic N) is 5. The molecule has 0 aliphatic rings. The Morgan fingerprint density at radius 2 is 1.82 bits per heavy atom. The summed E-state index contributed by atoms with van der Waals surface area (Å²) in [6.45, 7) is 3.13. The van der Waals surface area contributed by atoms with Crippen molar-refractivity contribution in [3.05, 3.63) is 52.2 Å². The number of nitro groups is 1. The van der Waals surface area contributed by atoms with Crippen LogP contribution in [0.25, 0.3) is 0 Å². The number of amides is 1. The van der Waals surface area contributed by atoms with Crippen molar-refractivity contribution in [2.75, 3.05) is 24.3 Å². The third-order valence-corrected chi connectivity index (χ3v) is 5.96. The van der Waals surface area contributed by atoms with E-state index in [1.807, 2.05) is 0 Å². The number of hydrogen-bond donors (Lipinski definition) is 2. The summed E-state index contributed by atoms with van der Waals surface area (Å²) in [5.74, 6) is -0.804. The third kappa shape index (κ3) is 5.37. The number of aryl methyl sites for hydroxylation is 1. The van der Waals surface area contributed by atoms with Gasteiger partial charge >= 0.3 is 11.8 Å². The predicted molar refractivity (Wildman–Crippen MR) is 119 cm³/mol.